The van der Waals surface area contributed by atoms with Crippen molar-refractivity contribution in [3.05, 3.63) is 53.6 Å². The number of carbonyl (C=O) groups is 1. The third-order valence-corrected chi connectivity index (χ3v) is 6.53. The Morgan fingerprint density at radius 3 is 2.53 bits per heavy atom. The van der Waals surface area contributed by atoms with E-state index in [4.69, 9.17) is 15.2 Å². The fourth-order valence-electron chi connectivity index (χ4n) is 4.56. The maximum Gasteiger partial charge on any atom is 0.220 e. The van der Waals surface area contributed by atoms with E-state index in [1.165, 1.54) is 5.56 Å². The van der Waals surface area contributed by atoms with Gasteiger partial charge in [0.15, 0.2) is 0 Å². The van der Waals surface area contributed by atoms with Gasteiger partial charge in [0.2, 0.25) is 5.91 Å². The minimum atomic E-state index is -0.197. The van der Waals surface area contributed by atoms with E-state index in [9.17, 15) is 9.90 Å². The Morgan fingerprint density at radius 2 is 1.88 bits per heavy atom. The van der Waals surface area contributed by atoms with Gasteiger partial charge in [-0.05, 0) is 49.7 Å². The standard InChI is InChI=1S/C24H32N4O4/c1-31-18-4-2-16(3-5-18)21-15-26-27-23(21)20-7-6-19(14-22(20)29)32-13-12-28-10-8-17(9-11-28)24(25)30/h2-7,14,17,21,23,26-27,29H,8-13,15H2,1H3,(H2,25,30). The molecule has 1 amide bonds. The summed E-state index contributed by atoms with van der Waals surface area (Å²) in [5.41, 5.74) is 13.9. The van der Waals surface area contributed by atoms with Gasteiger partial charge in [0.05, 0.1) is 13.2 Å². The highest BCUT2D eigenvalue weighted by atomic mass is 16.5. The number of carbonyl (C=O) groups excluding carboxylic acids is 1. The Labute approximate surface area is 188 Å². The van der Waals surface area contributed by atoms with E-state index in [0.29, 0.717) is 12.4 Å². The third kappa shape index (κ3) is 5.15. The highest BCUT2D eigenvalue weighted by Crippen LogP contribution is 2.39. The van der Waals surface area contributed by atoms with Crippen molar-refractivity contribution in [3.63, 3.8) is 0 Å². The van der Waals surface area contributed by atoms with Crippen LogP contribution in [0.5, 0.6) is 17.2 Å². The molecule has 2 fully saturated rings. The van der Waals surface area contributed by atoms with E-state index in [-0.39, 0.29) is 29.5 Å². The van der Waals surface area contributed by atoms with Gasteiger partial charge in [0, 0.05) is 36.6 Å². The summed E-state index contributed by atoms with van der Waals surface area (Å²) >= 11 is 0. The summed E-state index contributed by atoms with van der Waals surface area (Å²) in [6.45, 7) is 3.78. The van der Waals surface area contributed by atoms with Crippen LogP contribution < -0.4 is 26.1 Å². The van der Waals surface area contributed by atoms with Gasteiger partial charge in [-0.15, -0.1) is 0 Å². The maximum atomic E-state index is 11.3. The molecule has 2 aromatic carbocycles. The molecule has 2 aliphatic rings. The predicted molar refractivity (Wildman–Crippen MR) is 122 cm³/mol. The summed E-state index contributed by atoms with van der Waals surface area (Å²) in [7, 11) is 1.66. The number of hydrazine groups is 1. The molecular formula is C24H32N4O4. The van der Waals surface area contributed by atoms with Crippen molar-refractivity contribution in [1.29, 1.82) is 0 Å². The fraction of sp³-hybridized carbons (Fsp3) is 0.458. The number of primary amides is 1. The summed E-state index contributed by atoms with van der Waals surface area (Å²) in [6, 6.07) is 13.5. The molecule has 0 saturated carbocycles. The van der Waals surface area contributed by atoms with Crippen molar-refractivity contribution in [1.82, 2.24) is 15.8 Å². The van der Waals surface area contributed by atoms with Crippen molar-refractivity contribution in [2.24, 2.45) is 11.7 Å². The molecule has 0 aliphatic carbocycles. The second-order valence-corrected chi connectivity index (χ2v) is 8.47. The van der Waals surface area contributed by atoms with E-state index in [0.717, 1.165) is 50.3 Å². The van der Waals surface area contributed by atoms with Gasteiger partial charge in [-0.1, -0.05) is 18.2 Å². The number of piperidine rings is 1. The first-order valence-electron chi connectivity index (χ1n) is 11.1. The number of hydrogen-bond donors (Lipinski definition) is 4. The highest BCUT2D eigenvalue weighted by molar-refractivity contribution is 5.76. The Morgan fingerprint density at radius 1 is 1.16 bits per heavy atom. The number of nitrogens with two attached hydrogens (primary N) is 1. The van der Waals surface area contributed by atoms with Crippen LogP contribution in [0.2, 0.25) is 0 Å². The van der Waals surface area contributed by atoms with Gasteiger partial charge in [-0.2, -0.15) is 0 Å². The number of aromatic hydroxyl groups is 1. The lowest BCUT2D eigenvalue weighted by Gasteiger charge is -2.30. The van der Waals surface area contributed by atoms with Crippen molar-refractivity contribution in [2.45, 2.75) is 24.8 Å². The zero-order valence-electron chi connectivity index (χ0n) is 18.4. The summed E-state index contributed by atoms with van der Waals surface area (Å²) in [5, 5.41) is 10.7. The third-order valence-electron chi connectivity index (χ3n) is 6.53. The molecule has 2 aromatic rings. The number of nitrogens with one attached hydrogen (secondary N) is 2. The van der Waals surface area contributed by atoms with E-state index in [1.807, 2.05) is 24.3 Å². The molecule has 172 valence electrons. The molecule has 32 heavy (non-hydrogen) atoms. The van der Waals surface area contributed by atoms with Crippen molar-refractivity contribution < 1.29 is 19.4 Å². The quantitative estimate of drug-likeness (QED) is 0.496. The van der Waals surface area contributed by atoms with Crippen LogP contribution in [0.4, 0.5) is 0 Å². The van der Waals surface area contributed by atoms with Crippen LogP contribution in [0, 0.1) is 5.92 Å². The zero-order valence-corrected chi connectivity index (χ0v) is 18.4. The molecule has 2 saturated heterocycles. The molecule has 2 unspecified atom stereocenters. The highest BCUT2D eigenvalue weighted by Gasteiger charge is 2.31. The Hall–Kier alpha value is -2.81. The lowest BCUT2D eigenvalue weighted by atomic mass is 9.88. The molecular weight excluding hydrogens is 408 g/mol. The van der Waals surface area contributed by atoms with Crippen LogP contribution in [-0.2, 0) is 4.79 Å². The largest absolute Gasteiger partial charge is 0.507 e. The molecule has 0 bridgehead atoms. The number of likely N-dealkylation sites (tertiary alicyclic amines) is 1. The Bertz CT molecular complexity index is 913. The number of nitrogens with zero attached hydrogens (tertiary/aromatic N) is 1. The SMILES string of the molecule is COc1ccc(C2CNNC2c2ccc(OCCN3CCC(C(N)=O)CC3)cc2O)cc1. The summed E-state index contributed by atoms with van der Waals surface area (Å²) < 4.78 is 11.1. The molecule has 0 radical (unpaired) electrons. The normalized spacial score (nSPS) is 22.0. The van der Waals surface area contributed by atoms with Gasteiger partial charge < -0.3 is 20.3 Å². The number of ether oxygens (including phenoxy) is 2. The number of hydrogen-bond acceptors (Lipinski definition) is 7. The summed E-state index contributed by atoms with van der Waals surface area (Å²) in [5.74, 6) is 1.66. The zero-order chi connectivity index (χ0) is 22.5. The van der Waals surface area contributed by atoms with E-state index >= 15 is 0 Å². The molecule has 0 aromatic heterocycles. The second-order valence-electron chi connectivity index (χ2n) is 8.47. The number of phenols is 1. The fourth-order valence-corrected chi connectivity index (χ4v) is 4.56. The number of methoxy groups -OCH3 is 1. The van der Waals surface area contributed by atoms with Crippen molar-refractivity contribution in [3.8, 4) is 17.2 Å². The lowest BCUT2D eigenvalue weighted by molar-refractivity contribution is -0.123. The van der Waals surface area contributed by atoms with E-state index in [2.05, 4.69) is 27.9 Å². The Kier molecular flexibility index (Phi) is 7.14. The maximum absolute atomic E-state index is 11.3. The van der Waals surface area contributed by atoms with Crippen molar-refractivity contribution >= 4 is 5.91 Å². The number of phenolic OH excluding ortho intramolecular Hbond substituents is 1. The smallest absolute Gasteiger partial charge is 0.220 e. The van der Waals surface area contributed by atoms with Gasteiger partial charge in [-0.25, -0.2) is 5.43 Å². The summed E-state index contributed by atoms with van der Waals surface area (Å²) in [4.78, 5) is 13.6. The summed E-state index contributed by atoms with van der Waals surface area (Å²) in [6.07, 6.45) is 1.62. The number of amides is 1. The van der Waals surface area contributed by atoms with Crippen LogP contribution in [0.15, 0.2) is 42.5 Å². The molecule has 8 heteroatoms. The first kappa shape index (κ1) is 22.4. The monoisotopic (exact) mass is 440 g/mol. The average Bonchev–Trinajstić information content (AvgIpc) is 3.29. The van der Waals surface area contributed by atoms with Crippen LogP contribution >= 0.6 is 0 Å². The van der Waals surface area contributed by atoms with Gasteiger partial charge >= 0.3 is 0 Å². The lowest BCUT2D eigenvalue weighted by Crippen LogP contribution is -2.40. The molecule has 5 N–H and O–H groups in total. The van der Waals surface area contributed by atoms with E-state index in [1.54, 1.807) is 13.2 Å². The molecule has 0 spiro atoms. The van der Waals surface area contributed by atoms with Crippen LogP contribution in [-0.4, -0.2) is 55.8 Å². The molecule has 2 heterocycles. The molecule has 2 atom stereocenters. The predicted octanol–water partition coefficient (Wildman–Crippen LogP) is 1.91. The van der Waals surface area contributed by atoms with Crippen LogP contribution in [0.1, 0.15) is 35.9 Å². The van der Waals surface area contributed by atoms with Crippen LogP contribution in [0.3, 0.4) is 0 Å². The topological polar surface area (TPSA) is 109 Å². The number of benzene rings is 2. The first-order valence-corrected chi connectivity index (χ1v) is 11.1. The molecule has 2 aliphatic heterocycles. The molecule has 4 rings (SSSR count). The van der Waals surface area contributed by atoms with E-state index < -0.39 is 0 Å². The van der Waals surface area contributed by atoms with Crippen LogP contribution in [0.25, 0.3) is 0 Å². The first-order chi connectivity index (χ1) is 15.5. The molecule has 8 nitrogen and oxygen atoms in total. The minimum Gasteiger partial charge on any atom is -0.507 e. The van der Waals surface area contributed by atoms with Crippen molar-refractivity contribution in [2.75, 3.05) is 39.9 Å². The average molecular weight is 441 g/mol. The van der Waals surface area contributed by atoms with Gasteiger partial charge in [-0.3, -0.25) is 15.1 Å². The second kappa shape index (κ2) is 10.2. The van der Waals surface area contributed by atoms with Gasteiger partial charge in [0.25, 0.3) is 0 Å². The number of rotatable bonds is 8. The minimum absolute atomic E-state index is 0.00270. The Balaban J connectivity index is 1.33. The van der Waals surface area contributed by atoms with Gasteiger partial charge in [0.1, 0.15) is 23.9 Å².